The number of methoxy groups -OCH3 is 1. The summed E-state index contributed by atoms with van der Waals surface area (Å²) >= 11 is 3.33. The zero-order valence-corrected chi connectivity index (χ0v) is 13.4. The Kier molecular flexibility index (Phi) is 5.55. The molecule has 0 unspecified atom stereocenters. The highest BCUT2D eigenvalue weighted by molar-refractivity contribution is 9.10. The highest BCUT2D eigenvalue weighted by atomic mass is 79.9. The zero-order valence-electron chi connectivity index (χ0n) is 11.8. The van der Waals surface area contributed by atoms with E-state index in [1.165, 1.54) is 7.11 Å². The first-order valence-electron chi connectivity index (χ1n) is 6.45. The van der Waals surface area contributed by atoms with Gasteiger partial charge in [0.1, 0.15) is 5.75 Å². The van der Waals surface area contributed by atoms with Crippen molar-refractivity contribution < 1.29 is 19.1 Å². The topological polar surface area (TPSA) is 64.6 Å². The van der Waals surface area contributed by atoms with Crippen LogP contribution in [0.25, 0.3) is 0 Å². The third kappa shape index (κ3) is 4.60. The molecule has 1 amide bonds. The van der Waals surface area contributed by atoms with E-state index in [-0.39, 0.29) is 12.5 Å². The van der Waals surface area contributed by atoms with E-state index in [0.717, 1.165) is 4.47 Å². The Bertz CT molecular complexity index is 670. The number of rotatable bonds is 5. The van der Waals surface area contributed by atoms with Crippen molar-refractivity contribution in [2.45, 2.75) is 0 Å². The molecule has 0 aliphatic carbocycles. The highest BCUT2D eigenvalue weighted by Gasteiger charge is 2.07. The Hall–Kier alpha value is -2.34. The summed E-state index contributed by atoms with van der Waals surface area (Å²) in [5.74, 6) is -0.104. The van der Waals surface area contributed by atoms with Crippen molar-refractivity contribution in [1.82, 2.24) is 0 Å². The average Bonchev–Trinajstić information content (AvgIpc) is 2.53. The Labute approximate surface area is 136 Å². The maximum atomic E-state index is 11.8. The van der Waals surface area contributed by atoms with Crippen molar-refractivity contribution in [1.29, 1.82) is 0 Å². The van der Waals surface area contributed by atoms with Crippen LogP contribution in [0.15, 0.2) is 53.0 Å². The Morgan fingerprint density at radius 1 is 1.14 bits per heavy atom. The van der Waals surface area contributed by atoms with Crippen molar-refractivity contribution in [2.75, 3.05) is 19.0 Å². The number of anilines is 1. The molecule has 0 radical (unpaired) electrons. The summed E-state index contributed by atoms with van der Waals surface area (Å²) in [5.41, 5.74) is 1.00. The number of carbonyl (C=O) groups excluding carboxylic acids is 2. The van der Waals surface area contributed by atoms with Gasteiger partial charge >= 0.3 is 5.97 Å². The number of carbonyl (C=O) groups is 2. The summed E-state index contributed by atoms with van der Waals surface area (Å²) in [6, 6.07) is 13.7. The second-order valence-electron chi connectivity index (χ2n) is 4.36. The molecule has 0 aliphatic rings. The minimum atomic E-state index is -0.420. The standard InChI is InChI=1S/C16H14BrNO4/c1-21-16(20)11-5-7-13(8-6-11)18-15(19)10-22-14-4-2-3-12(17)9-14/h2-9H,10H2,1H3,(H,18,19). The quantitative estimate of drug-likeness (QED) is 0.828. The SMILES string of the molecule is COC(=O)c1ccc(NC(=O)COc2cccc(Br)c2)cc1. The molecule has 0 aliphatic heterocycles. The molecule has 0 fully saturated rings. The van der Waals surface area contributed by atoms with Gasteiger partial charge in [0.2, 0.25) is 0 Å². The van der Waals surface area contributed by atoms with Crippen LogP contribution in [0.5, 0.6) is 5.75 Å². The van der Waals surface area contributed by atoms with Crippen molar-refractivity contribution in [3.05, 3.63) is 58.6 Å². The van der Waals surface area contributed by atoms with Crippen LogP contribution in [0.3, 0.4) is 0 Å². The number of benzene rings is 2. The summed E-state index contributed by atoms with van der Waals surface area (Å²) < 4.78 is 10.9. The number of hydrogen-bond donors (Lipinski definition) is 1. The average molecular weight is 364 g/mol. The maximum Gasteiger partial charge on any atom is 0.337 e. The molecular weight excluding hydrogens is 350 g/mol. The molecule has 2 aromatic carbocycles. The van der Waals surface area contributed by atoms with Crippen LogP contribution in [0.2, 0.25) is 0 Å². The van der Waals surface area contributed by atoms with Gasteiger partial charge in [0, 0.05) is 10.2 Å². The van der Waals surface area contributed by atoms with Crippen LogP contribution < -0.4 is 10.1 Å². The normalized spacial score (nSPS) is 9.91. The molecule has 2 rings (SSSR count). The lowest BCUT2D eigenvalue weighted by Gasteiger charge is -2.08. The molecule has 0 saturated carbocycles. The van der Waals surface area contributed by atoms with Crippen molar-refractivity contribution in [3.8, 4) is 5.75 Å². The van der Waals surface area contributed by atoms with Gasteiger partial charge in [0.05, 0.1) is 12.7 Å². The first kappa shape index (κ1) is 16.0. The number of nitrogens with one attached hydrogen (secondary N) is 1. The lowest BCUT2D eigenvalue weighted by Crippen LogP contribution is -2.20. The van der Waals surface area contributed by atoms with E-state index in [2.05, 4.69) is 26.0 Å². The summed E-state index contributed by atoms with van der Waals surface area (Å²) in [7, 11) is 1.32. The summed E-state index contributed by atoms with van der Waals surface area (Å²) in [5, 5.41) is 2.68. The van der Waals surface area contributed by atoms with Crippen LogP contribution in [-0.2, 0) is 9.53 Å². The summed E-state index contributed by atoms with van der Waals surface area (Å²) in [4.78, 5) is 23.1. The van der Waals surface area contributed by atoms with Crippen molar-refractivity contribution >= 4 is 33.5 Å². The van der Waals surface area contributed by atoms with Gasteiger partial charge in [-0.2, -0.15) is 0 Å². The Morgan fingerprint density at radius 3 is 2.50 bits per heavy atom. The first-order valence-corrected chi connectivity index (χ1v) is 7.24. The molecule has 0 saturated heterocycles. The molecule has 1 N–H and O–H groups in total. The predicted octanol–water partition coefficient (Wildman–Crippen LogP) is 3.25. The van der Waals surface area contributed by atoms with Gasteiger partial charge in [0.25, 0.3) is 5.91 Å². The summed E-state index contributed by atoms with van der Waals surface area (Å²) in [6.07, 6.45) is 0. The van der Waals surface area contributed by atoms with Gasteiger partial charge in [-0.15, -0.1) is 0 Å². The van der Waals surface area contributed by atoms with Gasteiger partial charge in [-0.1, -0.05) is 22.0 Å². The van der Waals surface area contributed by atoms with Crippen LogP contribution in [0, 0.1) is 0 Å². The molecule has 5 nitrogen and oxygen atoms in total. The van der Waals surface area contributed by atoms with Gasteiger partial charge in [-0.3, -0.25) is 4.79 Å². The van der Waals surface area contributed by atoms with E-state index in [1.54, 1.807) is 36.4 Å². The predicted molar refractivity (Wildman–Crippen MR) is 86.0 cm³/mol. The zero-order chi connectivity index (χ0) is 15.9. The van der Waals surface area contributed by atoms with Crippen LogP contribution in [-0.4, -0.2) is 25.6 Å². The molecule has 0 heterocycles. The fourth-order valence-electron chi connectivity index (χ4n) is 1.71. The monoisotopic (exact) mass is 363 g/mol. The molecule has 114 valence electrons. The molecule has 6 heteroatoms. The maximum absolute atomic E-state index is 11.8. The van der Waals surface area contributed by atoms with Crippen LogP contribution in [0.1, 0.15) is 10.4 Å². The van der Waals surface area contributed by atoms with Crippen molar-refractivity contribution in [3.63, 3.8) is 0 Å². The molecule has 22 heavy (non-hydrogen) atoms. The molecular formula is C16H14BrNO4. The highest BCUT2D eigenvalue weighted by Crippen LogP contribution is 2.17. The number of amides is 1. The smallest absolute Gasteiger partial charge is 0.337 e. The first-order chi connectivity index (χ1) is 10.6. The number of ether oxygens (including phenoxy) is 2. The lowest BCUT2D eigenvalue weighted by atomic mass is 10.2. The minimum Gasteiger partial charge on any atom is -0.484 e. The third-order valence-corrected chi connectivity index (χ3v) is 3.25. The van der Waals surface area contributed by atoms with Crippen molar-refractivity contribution in [2.24, 2.45) is 0 Å². The van der Waals surface area contributed by atoms with E-state index in [1.807, 2.05) is 12.1 Å². The number of hydrogen-bond acceptors (Lipinski definition) is 4. The van der Waals surface area contributed by atoms with E-state index in [4.69, 9.17) is 4.74 Å². The lowest BCUT2D eigenvalue weighted by molar-refractivity contribution is -0.118. The number of halogens is 1. The fourth-order valence-corrected chi connectivity index (χ4v) is 2.09. The van der Waals surface area contributed by atoms with E-state index in [9.17, 15) is 9.59 Å². The fraction of sp³-hybridized carbons (Fsp3) is 0.125. The molecule has 0 atom stereocenters. The Morgan fingerprint density at radius 2 is 1.86 bits per heavy atom. The largest absolute Gasteiger partial charge is 0.484 e. The minimum absolute atomic E-state index is 0.102. The van der Waals surface area contributed by atoms with Gasteiger partial charge in [-0.25, -0.2) is 4.79 Å². The molecule has 0 aromatic heterocycles. The van der Waals surface area contributed by atoms with Gasteiger partial charge < -0.3 is 14.8 Å². The number of esters is 1. The van der Waals surface area contributed by atoms with Gasteiger partial charge in [-0.05, 0) is 42.5 Å². The van der Waals surface area contributed by atoms with Gasteiger partial charge in [0.15, 0.2) is 6.61 Å². The Balaban J connectivity index is 1.88. The van der Waals surface area contributed by atoms with Crippen LogP contribution in [0.4, 0.5) is 5.69 Å². The second kappa shape index (κ2) is 7.61. The third-order valence-electron chi connectivity index (χ3n) is 2.76. The van der Waals surface area contributed by atoms with E-state index >= 15 is 0 Å². The van der Waals surface area contributed by atoms with E-state index < -0.39 is 5.97 Å². The summed E-state index contributed by atoms with van der Waals surface area (Å²) in [6.45, 7) is -0.102. The molecule has 2 aromatic rings. The van der Waals surface area contributed by atoms with Crippen LogP contribution >= 0.6 is 15.9 Å². The second-order valence-corrected chi connectivity index (χ2v) is 5.28. The molecule has 0 spiro atoms. The molecule has 0 bridgehead atoms. The van der Waals surface area contributed by atoms with E-state index in [0.29, 0.717) is 17.0 Å².